The normalized spacial score (nSPS) is 22.0. The van der Waals surface area contributed by atoms with Crippen molar-refractivity contribution in [2.45, 2.75) is 32.2 Å². The molecule has 0 aliphatic heterocycles. The molecule has 0 aromatic heterocycles. The summed E-state index contributed by atoms with van der Waals surface area (Å²) in [5.74, 6) is -1.93. The lowest BCUT2D eigenvalue weighted by Gasteiger charge is -2.39. The van der Waals surface area contributed by atoms with Crippen LogP contribution in [0.5, 0.6) is 0 Å². The molecule has 4 nitrogen and oxygen atoms in total. The predicted octanol–water partition coefficient (Wildman–Crippen LogP) is 4.66. The lowest BCUT2D eigenvalue weighted by atomic mass is 9.63. The van der Waals surface area contributed by atoms with E-state index in [0.29, 0.717) is 13.0 Å². The first-order valence-electron chi connectivity index (χ1n) is 8.90. The lowest BCUT2D eigenvalue weighted by molar-refractivity contribution is -0.158. The summed E-state index contributed by atoms with van der Waals surface area (Å²) in [7, 11) is 0. The topological polar surface area (TPSA) is 66.4 Å². The van der Waals surface area contributed by atoms with Gasteiger partial charge >= 0.3 is 5.97 Å². The van der Waals surface area contributed by atoms with Gasteiger partial charge in [0.1, 0.15) is 0 Å². The fourth-order valence-electron chi connectivity index (χ4n) is 3.67. The number of amides is 1. The minimum absolute atomic E-state index is 0.190. The SMILES string of the molecule is CC1=CC[C@@](C(=O)O)(C(=O)NCc2ccccc2)[C@@H](c2ccc(Br)cc2)C1. The molecule has 0 heterocycles. The van der Waals surface area contributed by atoms with Gasteiger partial charge in [0.25, 0.3) is 0 Å². The average molecular weight is 428 g/mol. The van der Waals surface area contributed by atoms with Crippen LogP contribution in [0.25, 0.3) is 0 Å². The van der Waals surface area contributed by atoms with E-state index >= 15 is 0 Å². The molecular weight excluding hydrogens is 406 g/mol. The van der Waals surface area contributed by atoms with Crippen LogP contribution in [-0.2, 0) is 16.1 Å². The molecule has 2 aromatic carbocycles. The Hall–Kier alpha value is -2.40. The Bertz CT molecular complexity index is 861. The monoisotopic (exact) mass is 427 g/mol. The molecule has 1 aliphatic rings. The maximum Gasteiger partial charge on any atom is 0.320 e. The van der Waals surface area contributed by atoms with E-state index in [1.807, 2.05) is 67.6 Å². The van der Waals surface area contributed by atoms with Crippen LogP contribution in [0.2, 0.25) is 0 Å². The molecule has 0 unspecified atom stereocenters. The third kappa shape index (κ3) is 3.98. The summed E-state index contributed by atoms with van der Waals surface area (Å²) in [6.45, 7) is 2.30. The summed E-state index contributed by atoms with van der Waals surface area (Å²) in [4.78, 5) is 25.5. The van der Waals surface area contributed by atoms with Crippen LogP contribution in [0.3, 0.4) is 0 Å². The zero-order valence-electron chi connectivity index (χ0n) is 15.1. The highest BCUT2D eigenvalue weighted by molar-refractivity contribution is 9.10. The molecule has 2 atom stereocenters. The molecule has 140 valence electrons. The molecule has 1 aliphatic carbocycles. The Labute approximate surface area is 167 Å². The van der Waals surface area contributed by atoms with Gasteiger partial charge in [-0.15, -0.1) is 0 Å². The van der Waals surface area contributed by atoms with E-state index in [9.17, 15) is 14.7 Å². The van der Waals surface area contributed by atoms with Crippen molar-refractivity contribution in [1.82, 2.24) is 5.32 Å². The van der Waals surface area contributed by atoms with Gasteiger partial charge in [-0.1, -0.05) is 70.0 Å². The Morgan fingerprint density at radius 3 is 2.44 bits per heavy atom. The van der Waals surface area contributed by atoms with Crippen molar-refractivity contribution in [3.8, 4) is 0 Å². The lowest BCUT2D eigenvalue weighted by Crippen LogP contribution is -2.51. The van der Waals surface area contributed by atoms with Gasteiger partial charge in [-0.25, -0.2) is 0 Å². The van der Waals surface area contributed by atoms with Crippen molar-refractivity contribution in [3.63, 3.8) is 0 Å². The number of aliphatic carboxylic acids is 1. The number of halogens is 1. The Morgan fingerprint density at radius 2 is 1.81 bits per heavy atom. The summed E-state index contributed by atoms with van der Waals surface area (Å²) >= 11 is 3.41. The number of rotatable bonds is 5. The Morgan fingerprint density at radius 1 is 1.15 bits per heavy atom. The van der Waals surface area contributed by atoms with Crippen LogP contribution < -0.4 is 5.32 Å². The summed E-state index contributed by atoms with van der Waals surface area (Å²) in [6, 6.07) is 17.1. The molecule has 0 fully saturated rings. The van der Waals surface area contributed by atoms with Crippen LogP contribution >= 0.6 is 15.9 Å². The smallest absolute Gasteiger partial charge is 0.320 e. The van der Waals surface area contributed by atoms with Crippen LogP contribution in [0.1, 0.15) is 36.8 Å². The summed E-state index contributed by atoms with van der Waals surface area (Å²) in [5, 5.41) is 13.0. The molecule has 1 amide bonds. The summed E-state index contributed by atoms with van der Waals surface area (Å²) in [6.07, 6.45) is 2.62. The van der Waals surface area contributed by atoms with Gasteiger partial charge in [-0.3, -0.25) is 9.59 Å². The first-order valence-corrected chi connectivity index (χ1v) is 9.69. The molecule has 0 spiro atoms. The number of carbonyl (C=O) groups excluding carboxylic acids is 1. The van der Waals surface area contributed by atoms with E-state index in [2.05, 4.69) is 21.2 Å². The fraction of sp³-hybridized carbons (Fsp3) is 0.273. The number of hydrogen-bond donors (Lipinski definition) is 2. The number of carboxylic acid groups (broad SMARTS) is 1. The molecule has 3 rings (SSSR count). The summed E-state index contributed by atoms with van der Waals surface area (Å²) in [5.41, 5.74) is 1.40. The van der Waals surface area contributed by atoms with Gasteiger partial charge in [0.2, 0.25) is 5.91 Å². The molecule has 2 N–H and O–H groups in total. The van der Waals surface area contributed by atoms with Crippen LogP contribution in [0.4, 0.5) is 0 Å². The van der Waals surface area contributed by atoms with Crippen molar-refractivity contribution in [3.05, 3.63) is 81.8 Å². The van der Waals surface area contributed by atoms with Crippen LogP contribution in [-0.4, -0.2) is 17.0 Å². The number of allylic oxidation sites excluding steroid dienone is 2. The van der Waals surface area contributed by atoms with Gasteiger partial charge in [0.15, 0.2) is 5.41 Å². The highest BCUT2D eigenvalue weighted by Gasteiger charge is 2.53. The predicted molar refractivity (Wildman–Crippen MR) is 108 cm³/mol. The minimum atomic E-state index is -1.51. The molecule has 0 bridgehead atoms. The minimum Gasteiger partial charge on any atom is -0.480 e. The van der Waals surface area contributed by atoms with Gasteiger partial charge in [-0.05, 0) is 43.0 Å². The summed E-state index contributed by atoms with van der Waals surface area (Å²) < 4.78 is 0.920. The second-order valence-electron chi connectivity index (χ2n) is 7.01. The van der Waals surface area contributed by atoms with E-state index in [4.69, 9.17) is 0 Å². The maximum atomic E-state index is 13.2. The van der Waals surface area contributed by atoms with Crippen molar-refractivity contribution in [2.24, 2.45) is 5.41 Å². The molecule has 27 heavy (non-hydrogen) atoms. The van der Waals surface area contributed by atoms with E-state index in [0.717, 1.165) is 21.2 Å². The van der Waals surface area contributed by atoms with Gasteiger partial charge in [-0.2, -0.15) is 0 Å². The number of carbonyl (C=O) groups is 2. The first-order chi connectivity index (χ1) is 12.9. The third-order valence-corrected chi connectivity index (χ3v) is 5.78. The molecule has 0 saturated carbocycles. The maximum absolute atomic E-state index is 13.2. The highest BCUT2D eigenvalue weighted by Crippen LogP contribution is 2.47. The quantitative estimate of drug-likeness (QED) is 0.538. The van der Waals surface area contributed by atoms with E-state index in [1.54, 1.807) is 0 Å². The zero-order chi connectivity index (χ0) is 19.4. The Kier molecular flexibility index (Phi) is 5.80. The molecular formula is C22H22BrNO3. The molecule has 2 aromatic rings. The average Bonchev–Trinajstić information content (AvgIpc) is 2.67. The molecule has 0 saturated heterocycles. The van der Waals surface area contributed by atoms with Gasteiger partial charge in [0.05, 0.1) is 0 Å². The van der Waals surface area contributed by atoms with Crippen LogP contribution in [0, 0.1) is 5.41 Å². The van der Waals surface area contributed by atoms with Crippen molar-refractivity contribution in [2.75, 3.05) is 0 Å². The first kappa shape index (κ1) is 19.4. The van der Waals surface area contributed by atoms with Crippen molar-refractivity contribution < 1.29 is 14.7 Å². The number of hydrogen-bond acceptors (Lipinski definition) is 2. The third-order valence-electron chi connectivity index (χ3n) is 5.25. The van der Waals surface area contributed by atoms with E-state index in [-0.39, 0.29) is 6.42 Å². The Balaban J connectivity index is 1.94. The molecule has 0 radical (unpaired) electrons. The van der Waals surface area contributed by atoms with Gasteiger partial charge in [0, 0.05) is 16.9 Å². The van der Waals surface area contributed by atoms with Crippen LogP contribution in [0.15, 0.2) is 70.7 Å². The second-order valence-corrected chi connectivity index (χ2v) is 7.92. The van der Waals surface area contributed by atoms with Crippen molar-refractivity contribution >= 4 is 27.8 Å². The fourth-order valence-corrected chi connectivity index (χ4v) is 3.94. The van der Waals surface area contributed by atoms with E-state index in [1.165, 1.54) is 0 Å². The van der Waals surface area contributed by atoms with Gasteiger partial charge < -0.3 is 10.4 Å². The number of benzene rings is 2. The van der Waals surface area contributed by atoms with E-state index < -0.39 is 23.2 Å². The number of carboxylic acids is 1. The standard InChI is InChI=1S/C22H22BrNO3/c1-15-11-12-22(21(26)27,19(13-15)17-7-9-18(23)10-8-17)20(25)24-14-16-5-3-2-4-6-16/h2-11,19H,12-14H2,1H3,(H,24,25)(H,26,27)/t19-,22+/m1/s1. The van der Waals surface area contributed by atoms with Crippen molar-refractivity contribution in [1.29, 1.82) is 0 Å². The molecule has 5 heteroatoms. The zero-order valence-corrected chi connectivity index (χ0v) is 16.7. The largest absolute Gasteiger partial charge is 0.480 e. The highest BCUT2D eigenvalue weighted by atomic mass is 79.9. The second kappa shape index (κ2) is 8.09. The number of nitrogens with one attached hydrogen (secondary N) is 1.